The molecule has 1 rings (SSSR count). The van der Waals surface area contributed by atoms with Crippen LogP contribution in [0.3, 0.4) is 0 Å². The van der Waals surface area contributed by atoms with Gasteiger partial charge in [0.1, 0.15) is 6.04 Å². The van der Waals surface area contributed by atoms with Gasteiger partial charge in [-0.15, -0.1) is 0 Å². The smallest absolute Gasteiger partial charge is 0.239 e. The van der Waals surface area contributed by atoms with Crippen molar-refractivity contribution in [2.24, 2.45) is 5.73 Å². The molecule has 0 aromatic rings. The van der Waals surface area contributed by atoms with Gasteiger partial charge in [0.15, 0.2) is 0 Å². The van der Waals surface area contributed by atoms with E-state index in [1.165, 1.54) is 7.11 Å². The molecule has 0 saturated carbocycles. The van der Waals surface area contributed by atoms with E-state index in [0.29, 0.717) is 6.54 Å². The number of carbonyl (C=O) groups excluding carboxylic acids is 1. The Morgan fingerprint density at radius 3 is 2.65 bits per heavy atom. The Bertz CT molecular complexity index is 230. The number of rotatable bonds is 6. The third kappa shape index (κ3) is 5.45. The molecule has 3 N–H and O–H groups in total. The van der Waals surface area contributed by atoms with Crippen molar-refractivity contribution in [1.82, 2.24) is 15.1 Å². The summed E-state index contributed by atoms with van der Waals surface area (Å²) in [5.41, 5.74) is 5.61. The Morgan fingerprint density at radius 2 is 2.06 bits per heavy atom. The predicted molar refractivity (Wildman–Crippen MR) is 66.8 cm³/mol. The number of hydrogen-bond donors (Lipinski definition) is 2. The Hall–Kier alpha value is -0.690. The molecule has 1 aliphatic heterocycles. The van der Waals surface area contributed by atoms with Crippen molar-refractivity contribution in [2.75, 3.05) is 60.0 Å². The minimum atomic E-state index is -0.563. The van der Waals surface area contributed by atoms with Gasteiger partial charge in [-0.1, -0.05) is 0 Å². The topological polar surface area (TPSA) is 70.8 Å². The Labute approximate surface area is 103 Å². The molecule has 1 fully saturated rings. The summed E-state index contributed by atoms with van der Waals surface area (Å²) < 4.78 is 4.83. The maximum atomic E-state index is 11.5. The first-order chi connectivity index (χ1) is 8.13. The molecule has 6 nitrogen and oxygen atoms in total. The van der Waals surface area contributed by atoms with E-state index >= 15 is 0 Å². The van der Waals surface area contributed by atoms with Gasteiger partial charge in [0.2, 0.25) is 5.91 Å². The van der Waals surface area contributed by atoms with Gasteiger partial charge in [-0.05, 0) is 7.05 Å². The zero-order valence-corrected chi connectivity index (χ0v) is 10.8. The van der Waals surface area contributed by atoms with Crippen LogP contribution in [0, 0.1) is 0 Å². The Kier molecular flexibility index (Phi) is 6.43. The second kappa shape index (κ2) is 7.60. The molecule has 1 atom stereocenters. The lowest BCUT2D eigenvalue weighted by molar-refractivity contribution is -0.123. The number of carbonyl (C=O) groups is 1. The molecule has 0 aromatic carbocycles. The maximum Gasteiger partial charge on any atom is 0.239 e. The lowest BCUT2D eigenvalue weighted by Crippen LogP contribution is -2.49. The van der Waals surface area contributed by atoms with Gasteiger partial charge in [0, 0.05) is 46.4 Å². The van der Waals surface area contributed by atoms with Crippen molar-refractivity contribution in [3.05, 3.63) is 0 Å². The van der Waals surface area contributed by atoms with Gasteiger partial charge in [-0.25, -0.2) is 0 Å². The van der Waals surface area contributed by atoms with Crippen LogP contribution in [0.2, 0.25) is 0 Å². The van der Waals surface area contributed by atoms with Crippen LogP contribution in [0.15, 0.2) is 0 Å². The summed E-state index contributed by atoms with van der Waals surface area (Å²) in [6, 6.07) is -0.563. The number of hydrogen-bond acceptors (Lipinski definition) is 5. The highest BCUT2D eigenvalue weighted by Gasteiger charge is 2.15. The lowest BCUT2D eigenvalue weighted by Gasteiger charge is -2.32. The fourth-order valence-corrected chi connectivity index (χ4v) is 1.80. The number of likely N-dealkylation sites (N-methyl/N-ethyl adjacent to an activating group) is 1. The molecule has 1 amide bonds. The molecule has 0 aromatic heterocycles. The zero-order valence-electron chi connectivity index (χ0n) is 10.8. The van der Waals surface area contributed by atoms with E-state index in [0.717, 1.165) is 32.7 Å². The molecule has 1 aliphatic rings. The molecule has 0 spiro atoms. The summed E-state index contributed by atoms with van der Waals surface area (Å²) >= 11 is 0. The Balaban J connectivity index is 2.09. The van der Waals surface area contributed by atoms with Gasteiger partial charge < -0.3 is 20.7 Å². The van der Waals surface area contributed by atoms with E-state index in [9.17, 15) is 4.79 Å². The third-order valence-electron chi connectivity index (χ3n) is 3.01. The van der Waals surface area contributed by atoms with Crippen molar-refractivity contribution in [3.63, 3.8) is 0 Å². The molecule has 1 saturated heterocycles. The first-order valence-electron chi connectivity index (χ1n) is 6.06. The number of ether oxygens (including phenoxy) is 1. The molecular weight excluding hydrogens is 220 g/mol. The number of nitrogens with zero attached hydrogens (tertiary/aromatic N) is 2. The zero-order chi connectivity index (χ0) is 12.7. The summed E-state index contributed by atoms with van der Waals surface area (Å²) in [4.78, 5) is 16.1. The molecule has 17 heavy (non-hydrogen) atoms. The first-order valence-corrected chi connectivity index (χ1v) is 6.06. The van der Waals surface area contributed by atoms with Crippen LogP contribution < -0.4 is 11.1 Å². The number of amides is 1. The SMILES string of the molecule is COCC(N)C(=O)NCCN1CCN(C)CC1. The van der Waals surface area contributed by atoms with Crippen LogP contribution in [-0.4, -0.2) is 81.8 Å². The van der Waals surface area contributed by atoms with Gasteiger partial charge >= 0.3 is 0 Å². The molecule has 6 heteroatoms. The first kappa shape index (κ1) is 14.4. The van der Waals surface area contributed by atoms with Gasteiger partial charge in [0.05, 0.1) is 6.61 Å². The average molecular weight is 244 g/mol. The van der Waals surface area contributed by atoms with Crippen LogP contribution in [-0.2, 0) is 9.53 Å². The van der Waals surface area contributed by atoms with E-state index in [1.54, 1.807) is 0 Å². The van der Waals surface area contributed by atoms with E-state index in [4.69, 9.17) is 10.5 Å². The van der Waals surface area contributed by atoms with Crippen molar-refractivity contribution < 1.29 is 9.53 Å². The molecule has 0 bridgehead atoms. The fourth-order valence-electron chi connectivity index (χ4n) is 1.80. The van der Waals surface area contributed by atoms with Crippen molar-refractivity contribution in [2.45, 2.75) is 6.04 Å². The van der Waals surface area contributed by atoms with E-state index in [2.05, 4.69) is 22.2 Å². The Morgan fingerprint density at radius 1 is 1.41 bits per heavy atom. The summed E-state index contributed by atoms with van der Waals surface area (Å²) in [7, 11) is 3.67. The highest BCUT2D eigenvalue weighted by Crippen LogP contribution is 1.97. The van der Waals surface area contributed by atoms with Crippen LogP contribution in [0.1, 0.15) is 0 Å². The standard InChI is InChI=1S/C11H24N4O2/c1-14-5-7-15(8-6-14)4-3-13-11(16)10(12)9-17-2/h10H,3-9,12H2,1-2H3,(H,13,16). The quantitative estimate of drug-likeness (QED) is 0.584. The van der Waals surface area contributed by atoms with Crippen LogP contribution in [0.5, 0.6) is 0 Å². The molecule has 100 valence electrons. The minimum Gasteiger partial charge on any atom is -0.383 e. The van der Waals surface area contributed by atoms with Crippen molar-refractivity contribution in [3.8, 4) is 0 Å². The number of methoxy groups -OCH3 is 1. The van der Waals surface area contributed by atoms with E-state index in [1.807, 2.05) is 0 Å². The minimum absolute atomic E-state index is 0.138. The van der Waals surface area contributed by atoms with Gasteiger partial charge in [-0.3, -0.25) is 9.69 Å². The van der Waals surface area contributed by atoms with E-state index < -0.39 is 6.04 Å². The normalized spacial score (nSPS) is 20.2. The predicted octanol–water partition coefficient (Wildman–Crippen LogP) is -1.68. The monoisotopic (exact) mass is 244 g/mol. The number of piperazine rings is 1. The number of nitrogens with one attached hydrogen (secondary N) is 1. The second-order valence-corrected chi connectivity index (χ2v) is 4.50. The average Bonchev–Trinajstić information content (AvgIpc) is 2.32. The summed E-state index contributed by atoms with van der Waals surface area (Å²) in [5.74, 6) is -0.138. The van der Waals surface area contributed by atoms with Gasteiger partial charge in [0.25, 0.3) is 0 Å². The lowest BCUT2D eigenvalue weighted by atomic mass is 10.3. The molecule has 0 aliphatic carbocycles. The summed E-state index contributed by atoms with van der Waals surface area (Å²) in [5, 5.41) is 2.83. The van der Waals surface area contributed by atoms with E-state index in [-0.39, 0.29) is 12.5 Å². The third-order valence-corrected chi connectivity index (χ3v) is 3.01. The van der Waals surface area contributed by atoms with Crippen molar-refractivity contribution in [1.29, 1.82) is 0 Å². The van der Waals surface area contributed by atoms with Crippen LogP contribution >= 0.6 is 0 Å². The molecule has 1 unspecified atom stereocenters. The summed E-state index contributed by atoms with van der Waals surface area (Å²) in [6.45, 7) is 6.13. The molecule has 0 radical (unpaired) electrons. The molecule has 1 heterocycles. The highest BCUT2D eigenvalue weighted by molar-refractivity contribution is 5.81. The number of nitrogens with two attached hydrogens (primary N) is 1. The molecular formula is C11H24N4O2. The van der Waals surface area contributed by atoms with Crippen molar-refractivity contribution >= 4 is 5.91 Å². The van der Waals surface area contributed by atoms with Gasteiger partial charge in [-0.2, -0.15) is 0 Å². The second-order valence-electron chi connectivity index (χ2n) is 4.50. The largest absolute Gasteiger partial charge is 0.383 e. The maximum absolute atomic E-state index is 11.5. The van der Waals surface area contributed by atoms with Crippen LogP contribution in [0.25, 0.3) is 0 Å². The summed E-state index contributed by atoms with van der Waals surface area (Å²) in [6.07, 6.45) is 0. The highest BCUT2D eigenvalue weighted by atomic mass is 16.5. The van der Waals surface area contributed by atoms with Crippen LogP contribution in [0.4, 0.5) is 0 Å². The fraction of sp³-hybridized carbons (Fsp3) is 0.909.